The summed E-state index contributed by atoms with van der Waals surface area (Å²) in [6, 6.07) is 32.5. The van der Waals surface area contributed by atoms with Crippen LogP contribution in [0.5, 0.6) is 0 Å². The summed E-state index contributed by atoms with van der Waals surface area (Å²) in [5, 5.41) is 0.941. The molecule has 0 aliphatic heterocycles. The summed E-state index contributed by atoms with van der Waals surface area (Å²) in [5.74, 6) is 0. The molecule has 0 radical (unpaired) electrons. The summed E-state index contributed by atoms with van der Waals surface area (Å²) in [4.78, 5) is 0. The summed E-state index contributed by atoms with van der Waals surface area (Å²) in [7, 11) is 0. The second-order valence-corrected chi connectivity index (χ2v) is 16.6. The van der Waals surface area contributed by atoms with Crippen molar-refractivity contribution >= 4 is 36.7 Å². The first-order valence-electron chi connectivity index (χ1n) is 10.8. The fourth-order valence-electron chi connectivity index (χ4n) is 4.16. The minimum atomic E-state index is -2.98. The number of halogens is 1. The molecule has 0 aliphatic rings. The van der Waals surface area contributed by atoms with Gasteiger partial charge in [0.05, 0.1) is 0 Å². The molecule has 0 unspecified atom stereocenters. The van der Waals surface area contributed by atoms with Gasteiger partial charge in [0, 0.05) is 0 Å². The van der Waals surface area contributed by atoms with Crippen LogP contribution in [-0.2, 0) is 9.47 Å². The molecule has 164 valence electrons. The van der Waals surface area contributed by atoms with Crippen molar-refractivity contribution < 1.29 is 9.47 Å². The number of ether oxygens (including phenoxy) is 2. The first kappa shape index (κ1) is 23.9. The molecule has 0 bridgehead atoms. The van der Waals surface area contributed by atoms with Crippen molar-refractivity contribution in [2.75, 3.05) is 19.4 Å². The SMILES string of the molecule is CCOC(C=C(C)CP(Br)(c1ccccc1)(c1ccccc1)c1ccccc1)OCC. The summed E-state index contributed by atoms with van der Waals surface area (Å²) >= 11 is 4.49. The van der Waals surface area contributed by atoms with E-state index in [1.807, 2.05) is 13.8 Å². The third-order valence-corrected chi connectivity index (χ3v) is 15.2. The van der Waals surface area contributed by atoms with Crippen LogP contribution in [0.3, 0.4) is 0 Å². The van der Waals surface area contributed by atoms with Crippen LogP contribution in [0.25, 0.3) is 0 Å². The molecular formula is C27H32BrO2P. The molecule has 3 rings (SSSR count). The van der Waals surface area contributed by atoms with Gasteiger partial charge in [-0.15, -0.1) is 0 Å². The normalized spacial score (nSPS) is 13.7. The van der Waals surface area contributed by atoms with Gasteiger partial charge in [-0.1, -0.05) is 0 Å². The molecule has 0 aromatic heterocycles. The second-order valence-electron chi connectivity index (χ2n) is 7.64. The van der Waals surface area contributed by atoms with Crippen LogP contribution >= 0.6 is 20.8 Å². The number of allylic oxidation sites excluding steroid dienone is 1. The molecular weight excluding hydrogens is 467 g/mol. The molecule has 0 atom stereocenters. The quantitative estimate of drug-likeness (QED) is 0.189. The van der Waals surface area contributed by atoms with Gasteiger partial charge in [-0.3, -0.25) is 0 Å². The predicted molar refractivity (Wildman–Crippen MR) is 140 cm³/mol. The number of rotatable bonds is 10. The van der Waals surface area contributed by atoms with Crippen LogP contribution < -0.4 is 15.9 Å². The fraction of sp³-hybridized carbons (Fsp3) is 0.259. The Kier molecular flexibility index (Phi) is 8.24. The van der Waals surface area contributed by atoms with Gasteiger partial charge < -0.3 is 0 Å². The summed E-state index contributed by atoms with van der Waals surface area (Å²) in [5.41, 5.74) is 1.23. The Morgan fingerprint density at radius 2 is 1.10 bits per heavy atom. The van der Waals surface area contributed by atoms with Crippen LogP contribution in [0.4, 0.5) is 0 Å². The van der Waals surface area contributed by atoms with Gasteiger partial charge in [0.25, 0.3) is 0 Å². The van der Waals surface area contributed by atoms with Crippen molar-refractivity contribution in [3.05, 3.63) is 103 Å². The summed E-state index contributed by atoms with van der Waals surface area (Å²) in [6.07, 6.45) is 2.64. The number of hydrogen-bond donors (Lipinski definition) is 0. The Hall–Kier alpha value is -1.77. The topological polar surface area (TPSA) is 18.5 Å². The molecule has 2 nitrogen and oxygen atoms in total. The Labute approximate surface area is 195 Å². The van der Waals surface area contributed by atoms with E-state index in [1.54, 1.807) is 0 Å². The van der Waals surface area contributed by atoms with Crippen molar-refractivity contribution in [3.63, 3.8) is 0 Å². The average Bonchev–Trinajstić information content (AvgIpc) is 2.81. The van der Waals surface area contributed by atoms with E-state index in [-0.39, 0.29) is 6.29 Å². The van der Waals surface area contributed by atoms with Gasteiger partial charge in [0.1, 0.15) is 0 Å². The average molecular weight is 499 g/mol. The van der Waals surface area contributed by atoms with Crippen molar-refractivity contribution in [1.82, 2.24) is 0 Å². The zero-order chi connectivity index (χ0) is 22.2. The van der Waals surface area contributed by atoms with Gasteiger partial charge in [-0.25, -0.2) is 0 Å². The van der Waals surface area contributed by atoms with E-state index in [9.17, 15) is 0 Å². The van der Waals surface area contributed by atoms with Crippen LogP contribution in [-0.4, -0.2) is 25.7 Å². The first-order chi connectivity index (χ1) is 15.0. The van der Waals surface area contributed by atoms with E-state index < -0.39 is 5.31 Å². The Bertz CT molecular complexity index is 868. The van der Waals surface area contributed by atoms with Crippen molar-refractivity contribution in [3.8, 4) is 0 Å². The Morgan fingerprint density at radius 1 is 0.742 bits per heavy atom. The molecule has 0 saturated carbocycles. The standard InChI is InChI=1S/C27H32BrO2P/c1-4-29-27(30-5-2)21-23(3)22-31(28,24-15-9-6-10-16-24,25-17-11-7-12-18-25)26-19-13-8-14-20-26/h6-21,27H,4-5,22H2,1-3H3. The summed E-state index contributed by atoms with van der Waals surface area (Å²) in [6.45, 7) is 7.41. The zero-order valence-electron chi connectivity index (χ0n) is 18.6. The molecule has 31 heavy (non-hydrogen) atoms. The first-order valence-corrected chi connectivity index (χ1v) is 15.3. The molecule has 3 aromatic carbocycles. The van der Waals surface area contributed by atoms with E-state index in [0.29, 0.717) is 13.2 Å². The molecule has 0 fully saturated rings. The third-order valence-electron chi connectivity index (χ3n) is 5.51. The van der Waals surface area contributed by atoms with E-state index in [1.165, 1.54) is 21.5 Å². The van der Waals surface area contributed by atoms with Crippen molar-refractivity contribution in [2.24, 2.45) is 0 Å². The van der Waals surface area contributed by atoms with Crippen LogP contribution in [0, 0.1) is 0 Å². The van der Waals surface area contributed by atoms with E-state index in [0.717, 1.165) is 6.16 Å². The van der Waals surface area contributed by atoms with Crippen molar-refractivity contribution in [1.29, 1.82) is 0 Å². The Balaban J connectivity index is 2.26. The molecule has 0 N–H and O–H groups in total. The van der Waals surface area contributed by atoms with Gasteiger partial charge in [-0.05, 0) is 0 Å². The van der Waals surface area contributed by atoms with Crippen molar-refractivity contribution in [2.45, 2.75) is 27.1 Å². The molecule has 0 saturated heterocycles. The van der Waals surface area contributed by atoms with E-state index in [2.05, 4.69) is 119 Å². The molecule has 3 aromatic rings. The molecule has 4 heteroatoms. The molecule has 0 aliphatic carbocycles. The van der Waals surface area contributed by atoms with Gasteiger partial charge in [-0.2, -0.15) is 0 Å². The Morgan fingerprint density at radius 3 is 1.42 bits per heavy atom. The molecule has 0 spiro atoms. The van der Waals surface area contributed by atoms with Gasteiger partial charge >= 0.3 is 195 Å². The maximum atomic E-state index is 5.82. The summed E-state index contributed by atoms with van der Waals surface area (Å²) < 4.78 is 11.6. The van der Waals surface area contributed by atoms with Crippen LogP contribution in [0.2, 0.25) is 0 Å². The maximum absolute atomic E-state index is 5.82. The van der Waals surface area contributed by atoms with E-state index >= 15 is 0 Å². The van der Waals surface area contributed by atoms with E-state index in [4.69, 9.17) is 9.47 Å². The molecule has 0 heterocycles. The zero-order valence-corrected chi connectivity index (χ0v) is 21.1. The van der Waals surface area contributed by atoms with Gasteiger partial charge in [0.15, 0.2) is 0 Å². The number of hydrogen-bond acceptors (Lipinski definition) is 2. The third kappa shape index (κ3) is 5.02. The monoisotopic (exact) mass is 498 g/mol. The van der Waals surface area contributed by atoms with Crippen LogP contribution in [0.1, 0.15) is 20.8 Å². The van der Waals surface area contributed by atoms with Crippen LogP contribution in [0.15, 0.2) is 103 Å². The second kappa shape index (κ2) is 10.7. The predicted octanol–water partition coefficient (Wildman–Crippen LogP) is 6.17. The number of benzene rings is 3. The van der Waals surface area contributed by atoms with Gasteiger partial charge in [0.2, 0.25) is 0 Å². The fourth-order valence-corrected chi connectivity index (χ4v) is 12.3. The molecule has 0 amide bonds. The minimum absolute atomic E-state index is 0.335.